The van der Waals surface area contributed by atoms with Gasteiger partial charge in [-0.1, -0.05) is 0 Å². The summed E-state index contributed by atoms with van der Waals surface area (Å²) in [6.07, 6.45) is 0. The molecule has 0 fully saturated rings. The van der Waals surface area contributed by atoms with Crippen molar-refractivity contribution in [1.82, 2.24) is 10.2 Å². The van der Waals surface area contributed by atoms with Crippen LogP contribution in [-0.2, 0) is 11.3 Å². The number of carbonyl (C=O) groups is 1. The first-order chi connectivity index (χ1) is 10.5. The minimum Gasteiger partial charge on any atom is -0.462 e. The first-order valence-electron chi connectivity index (χ1n) is 6.70. The fraction of sp³-hybridized carbons (Fsp3) is 0.333. The maximum atomic E-state index is 12.2. The number of aromatic amines is 1. The number of hydrogen-bond acceptors (Lipinski definition) is 6. The number of H-pyrrole nitrogens is 1. The highest BCUT2D eigenvalue weighted by Gasteiger charge is 2.24. The largest absolute Gasteiger partial charge is 0.462 e. The van der Waals surface area contributed by atoms with E-state index in [0.29, 0.717) is 11.1 Å². The number of esters is 1. The lowest BCUT2D eigenvalue weighted by Gasteiger charge is -2.15. The van der Waals surface area contributed by atoms with Crippen LogP contribution in [0.15, 0.2) is 4.79 Å². The second-order valence-corrected chi connectivity index (χ2v) is 4.74. The average Bonchev–Trinajstić information content (AvgIpc) is 2.48. The molecule has 0 amide bonds. The third kappa shape index (κ3) is 2.23. The number of rotatable bonds is 3. The number of nitrogens with one attached hydrogen (secondary N) is 1. The van der Waals surface area contributed by atoms with Gasteiger partial charge in [0.2, 0.25) is 0 Å². The molecular formula is C15H15N3O4. The van der Waals surface area contributed by atoms with Crippen molar-refractivity contribution < 1.29 is 14.6 Å². The van der Waals surface area contributed by atoms with Gasteiger partial charge in [-0.2, -0.15) is 10.4 Å². The topological polar surface area (TPSA) is 116 Å². The van der Waals surface area contributed by atoms with Crippen LogP contribution in [-0.4, -0.2) is 27.9 Å². The van der Waals surface area contributed by atoms with E-state index in [-0.39, 0.29) is 34.2 Å². The van der Waals surface area contributed by atoms with Crippen LogP contribution in [0.5, 0.6) is 0 Å². The molecule has 0 aliphatic carbocycles. The van der Waals surface area contributed by atoms with Crippen LogP contribution in [0.1, 0.15) is 39.7 Å². The summed E-state index contributed by atoms with van der Waals surface area (Å²) in [5.74, 6) is -0.585. The first kappa shape index (κ1) is 15.7. The number of aromatic nitrogens is 2. The first-order valence-corrected chi connectivity index (χ1v) is 6.70. The average molecular weight is 301 g/mol. The molecule has 1 heterocycles. The molecule has 0 spiro atoms. The van der Waals surface area contributed by atoms with Crippen molar-refractivity contribution in [1.29, 1.82) is 5.26 Å². The summed E-state index contributed by atoms with van der Waals surface area (Å²) in [7, 11) is 0. The molecule has 0 unspecified atom stereocenters. The number of ether oxygens (including phenoxy) is 1. The molecule has 114 valence electrons. The van der Waals surface area contributed by atoms with E-state index < -0.39 is 18.1 Å². The second-order valence-electron chi connectivity index (χ2n) is 4.74. The van der Waals surface area contributed by atoms with Gasteiger partial charge in [0.15, 0.2) is 0 Å². The van der Waals surface area contributed by atoms with Gasteiger partial charge in [0.25, 0.3) is 5.56 Å². The number of carbonyl (C=O) groups excluding carboxylic acids is 1. The smallest absolute Gasteiger partial charge is 0.338 e. The van der Waals surface area contributed by atoms with Crippen LogP contribution < -0.4 is 5.56 Å². The fourth-order valence-electron chi connectivity index (χ4n) is 2.60. The number of hydrogen-bond donors (Lipinski definition) is 2. The zero-order valence-electron chi connectivity index (χ0n) is 12.5. The number of nitrogens with zero attached hydrogens (tertiary/aromatic N) is 2. The van der Waals surface area contributed by atoms with E-state index in [1.54, 1.807) is 20.8 Å². The van der Waals surface area contributed by atoms with Crippen molar-refractivity contribution in [2.75, 3.05) is 6.61 Å². The van der Waals surface area contributed by atoms with Crippen LogP contribution in [0.4, 0.5) is 0 Å². The molecule has 0 saturated carbocycles. The molecule has 0 aliphatic rings. The summed E-state index contributed by atoms with van der Waals surface area (Å²) in [5, 5.41) is 25.3. The molecule has 7 heteroatoms. The Balaban J connectivity index is 3.05. The van der Waals surface area contributed by atoms with Crippen LogP contribution in [0.2, 0.25) is 0 Å². The van der Waals surface area contributed by atoms with Gasteiger partial charge in [0.05, 0.1) is 35.4 Å². The van der Waals surface area contributed by atoms with E-state index in [9.17, 15) is 20.0 Å². The normalized spacial score (nSPS) is 10.5. The van der Waals surface area contributed by atoms with E-state index in [0.717, 1.165) is 0 Å². The number of benzene rings is 1. The van der Waals surface area contributed by atoms with Crippen molar-refractivity contribution in [2.45, 2.75) is 27.4 Å². The van der Waals surface area contributed by atoms with Crippen molar-refractivity contribution in [3.63, 3.8) is 0 Å². The predicted octanol–water partition coefficient (Wildman–Crippen LogP) is 1.08. The molecular weight excluding hydrogens is 286 g/mol. The van der Waals surface area contributed by atoms with E-state index in [2.05, 4.69) is 10.2 Å². The quantitative estimate of drug-likeness (QED) is 0.819. The lowest BCUT2D eigenvalue weighted by molar-refractivity contribution is 0.0525. The summed E-state index contributed by atoms with van der Waals surface area (Å²) in [6, 6.07) is 1.99. The van der Waals surface area contributed by atoms with E-state index >= 15 is 0 Å². The zero-order valence-corrected chi connectivity index (χ0v) is 12.5. The van der Waals surface area contributed by atoms with Crippen LogP contribution in [0.3, 0.4) is 0 Å². The molecule has 22 heavy (non-hydrogen) atoms. The summed E-state index contributed by atoms with van der Waals surface area (Å²) in [5.41, 5.74) is 0.827. The molecule has 0 atom stereocenters. The van der Waals surface area contributed by atoms with E-state index in [4.69, 9.17) is 4.74 Å². The molecule has 1 aromatic heterocycles. The van der Waals surface area contributed by atoms with Gasteiger partial charge in [0.1, 0.15) is 6.07 Å². The molecule has 0 saturated heterocycles. The van der Waals surface area contributed by atoms with E-state index in [1.807, 2.05) is 6.07 Å². The number of fused-ring (bicyclic) bond motifs is 1. The van der Waals surface area contributed by atoms with Crippen molar-refractivity contribution in [3.05, 3.63) is 38.3 Å². The van der Waals surface area contributed by atoms with Crippen LogP contribution >= 0.6 is 0 Å². The highest BCUT2D eigenvalue weighted by molar-refractivity contribution is 6.03. The number of nitriles is 1. The molecule has 7 nitrogen and oxygen atoms in total. The Morgan fingerprint density at radius 2 is 2.05 bits per heavy atom. The Labute approximate surface area is 126 Å². The molecule has 2 N–H and O–H groups in total. The summed E-state index contributed by atoms with van der Waals surface area (Å²) in [4.78, 5) is 24.3. The highest BCUT2D eigenvalue weighted by atomic mass is 16.5. The fourth-order valence-corrected chi connectivity index (χ4v) is 2.60. The van der Waals surface area contributed by atoms with Gasteiger partial charge in [-0.15, -0.1) is 0 Å². The minimum atomic E-state index is -0.585. The maximum Gasteiger partial charge on any atom is 0.338 e. The van der Waals surface area contributed by atoms with Crippen molar-refractivity contribution >= 4 is 16.7 Å². The van der Waals surface area contributed by atoms with Crippen LogP contribution in [0.25, 0.3) is 10.8 Å². The zero-order chi connectivity index (χ0) is 16.4. The standard InChI is InChI=1S/C15H15N3O4/c1-4-22-15(21)11-7(2)9(5-16)13-10(6-19)17-18-14(20)12(13)8(11)3/h19H,4,6H2,1-3H3,(H,18,20). The summed E-state index contributed by atoms with van der Waals surface area (Å²) >= 11 is 0. The van der Waals surface area contributed by atoms with Crippen molar-refractivity contribution in [2.24, 2.45) is 0 Å². The Kier molecular flexibility index (Phi) is 4.24. The second kappa shape index (κ2) is 5.95. The highest BCUT2D eigenvalue weighted by Crippen LogP contribution is 2.29. The maximum absolute atomic E-state index is 12.2. The SMILES string of the molecule is CCOC(=O)c1c(C)c(C#N)c2c(CO)n[nH]c(=O)c2c1C. The van der Waals surface area contributed by atoms with Gasteiger partial charge in [-0.3, -0.25) is 4.79 Å². The number of aliphatic hydroxyl groups excluding tert-OH is 1. The monoisotopic (exact) mass is 301 g/mol. The Bertz CT molecular complexity index is 862. The van der Waals surface area contributed by atoms with Crippen molar-refractivity contribution in [3.8, 4) is 6.07 Å². The molecule has 0 bridgehead atoms. The lowest BCUT2D eigenvalue weighted by Crippen LogP contribution is -2.18. The van der Waals surface area contributed by atoms with Gasteiger partial charge in [-0.05, 0) is 31.9 Å². The third-order valence-corrected chi connectivity index (χ3v) is 3.55. The lowest BCUT2D eigenvalue weighted by atomic mass is 9.91. The number of aliphatic hydroxyl groups is 1. The third-order valence-electron chi connectivity index (χ3n) is 3.55. The summed E-state index contributed by atoms with van der Waals surface area (Å²) in [6.45, 7) is 4.65. The molecule has 1 aromatic carbocycles. The Morgan fingerprint density at radius 1 is 1.36 bits per heavy atom. The van der Waals surface area contributed by atoms with E-state index in [1.165, 1.54) is 0 Å². The number of aryl methyl sites for hydroxylation is 1. The predicted molar refractivity (Wildman–Crippen MR) is 78.4 cm³/mol. The molecule has 2 aromatic rings. The molecule has 0 aliphatic heterocycles. The molecule has 0 radical (unpaired) electrons. The molecule has 2 rings (SSSR count). The Morgan fingerprint density at radius 3 is 2.59 bits per heavy atom. The minimum absolute atomic E-state index is 0.145. The van der Waals surface area contributed by atoms with Gasteiger partial charge in [0, 0.05) is 5.39 Å². The van der Waals surface area contributed by atoms with Gasteiger partial charge in [-0.25, -0.2) is 9.89 Å². The summed E-state index contributed by atoms with van der Waals surface area (Å²) < 4.78 is 5.01. The van der Waals surface area contributed by atoms with Gasteiger partial charge >= 0.3 is 5.97 Å². The van der Waals surface area contributed by atoms with Crippen LogP contribution in [0, 0.1) is 25.2 Å². The Hall–Kier alpha value is -2.72. The van der Waals surface area contributed by atoms with Gasteiger partial charge < -0.3 is 9.84 Å².